The number of ether oxygens (including phenoxy) is 1. The molecular formula is C26H26N2O5. The van der Waals surface area contributed by atoms with Crippen LogP contribution in [-0.2, 0) is 20.7 Å². The summed E-state index contributed by atoms with van der Waals surface area (Å²) in [5, 5.41) is 11.6. The Morgan fingerprint density at radius 2 is 1.85 bits per heavy atom. The third kappa shape index (κ3) is 4.26. The van der Waals surface area contributed by atoms with Gasteiger partial charge in [0.25, 0.3) is 5.91 Å². The summed E-state index contributed by atoms with van der Waals surface area (Å²) in [5.41, 5.74) is 3.15. The van der Waals surface area contributed by atoms with Crippen LogP contribution in [0.25, 0.3) is 10.9 Å². The van der Waals surface area contributed by atoms with Crippen LogP contribution in [0.2, 0.25) is 0 Å². The SMILES string of the molecule is CCCOC(=O)c1ccc(C2C(C(C)=O)=C(O)C(=O)N2CCc2c[nH]c3ccccc23)cc1. The summed E-state index contributed by atoms with van der Waals surface area (Å²) in [6, 6.07) is 13.8. The van der Waals surface area contributed by atoms with E-state index in [1.54, 1.807) is 24.3 Å². The maximum atomic E-state index is 12.9. The molecule has 33 heavy (non-hydrogen) atoms. The number of ketones is 1. The van der Waals surface area contributed by atoms with Gasteiger partial charge < -0.3 is 19.7 Å². The van der Waals surface area contributed by atoms with Crippen LogP contribution < -0.4 is 0 Å². The fourth-order valence-electron chi connectivity index (χ4n) is 4.25. The van der Waals surface area contributed by atoms with Crippen LogP contribution >= 0.6 is 0 Å². The fourth-order valence-corrected chi connectivity index (χ4v) is 4.25. The normalized spacial score (nSPS) is 16.0. The number of esters is 1. The highest BCUT2D eigenvalue weighted by atomic mass is 16.5. The predicted octanol–water partition coefficient (Wildman–Crippen LogP) is 4.26. The van der Waals surface area contributed by atoms with Gasteiger partial charge in [0.2, 0.25) is 0 Å². The zero-order chi connectivity index (χ0) is 23.5. The number of H-pyrrole nitrogens is 1. The first-order valence-electron chi connectivity index (χ1n) is 11.0. The molecule has 1 amide bonds. The number of para-hydroxylation sites is 1. The topological polar surface area (TPSA) is 99.7 Å². The molecule has 170 valence electrons. The van der Waals surface area contributed by atoms with Crippen molar-refractivity contribution in [3.8, 4) is 0 Å². The van der Waals surface area contributed by atoms with Crippen LogP contribution in [0.4, 0.5) is 0 Å². The average molecular weight is 447 g/mol. The second kappa shape index (κ2) is 9.32. The Bertz CT molecular complexity index is 1240. The Hall–Kier alpha value is -3.87. The number of carbonyl (C=O) groups excluding carboxylic acids is 3. The maximum absolute atomic E-state index is 12.9. The minimum Gasteiger partial charge on any atom is -0.503 e. The van der Waals surface area contributed by atoms with Gasteiger partial charge in [-0.2, -0.15) is 0 Å². The first-order valence-corrected chi connectivity index (χ1v) is 11.0. The van der Waals surface area contributed by atoms with Crippen molar-refractivity contribution in [2.75, 3.05) is 13.2 Å². The zero-order valence-electron chi connectivity index (χ0n) is 18.6. The molecule has 1 aliphatic rings. The molecule has 7 nitrogen and oxygen atoms in total. The van der Waals surface area contributed by atoms with E-state index < -0.39 is 23.7 Å². The van der Waals surface area contributed by atoms with Gasteiger partial charge in [0.15, 0.2) is 11.5 Å². The minimum atomic E-state index is -0.721. The molecule has 7 heteroatoms. The highest BCUT2D eigenvalue weighted by molar-refractivity contribution is 6.08. The molecule has 2 N–H and O–H groups in total. The number of hydrogen-bond acceptors (Lipinski definition) is 5. The van der Waals surface area contributed by atoms with E-state index >= 15 is 0 Å². The number of aliphatic hydroxyl groups excluding tert-OH is 1. The predicted molar refractivity (Wildman–Crippen MR) is 124 cm³/mol. The van der Waals surface area contributed by atoms with E-state index in [1.807, 2.05) is 37.4 Å². The van der Waals surface area contributed by atoms with Crippen molar-refractivity contribution in [3.63, 3.8) is 0 Å². The molecule has 0 fully saturated rings. The number of carbonyl (C=O) groups is 3. The van der Waals surface area contributed by atoms with Gasteiger partial charge in [-0.25, -0.2) is 4.79 Å². The van der Waals surface area contributed by atoms with Gasteiger partial charge in [-0.1, -0.05) is 37.3 Å². The molecule has 0 bridgehead atoms. The highest BCUT2D eigenvalue weighted by Gasteiger charge is 2.42. The number of aliphatic hydroxyl groups is 1. The number of nitrogens with one attached hydrogen (secondary N) is 1. The van der Waals surface area contributed by atoms with Crippen molar-refractivity contribution < 1.29 is 24.2 Å². The van der Waals surface area contributed by atoms with Crippen LogP contribution in [0.3, 0.4) is 0 Å². The van der Waals surface area contributed by atoms with E-state index in [2.05, 4.69) is 4.98 Å². The minimum absolute atomic E-state index is 0.0697. The van der Waals surface area contributed by atoms with Crippen molar-refractivity contribution in [1.29, 1.82) is 0 Å². The van der Waals surface area contributed by atoms with Crippen molar-refractivity contribution in [1.82, 2.24) is 9.88 Å². The third-order valence-corrected chi connectivity index (χ3v) is 5.88. The van der Waals surface area contributed by atoms with Crippen molar-refractivity contribution in [3.05, 3.63) is 82.8 Å². The molecule has 0 saturated heterocycles. The van der Waals surface area contributed by atoms with Gasteiger partial charge in [-0.15, -0.1) is 0 Å². The molecule has 3 aromatic rings. The molecule has 0 aliphatic carbocycles. The third-order valence-electron chi connectivity index (χ3n) is 5.88. The van der Waals surface area contributed by atoms with Gasteiger partial charge in [-0.05, 0) is 49.1 Å². The van der Waals surface area contributed by atoms with Crippen LogP contribution in [0.5, 0.6) is 0 Å². The van der Waals surface area contributed by atoms with Gasteiger partial charge >= 0.3 is 5.97 Å². The summed E-state index contributed by atoms with van der Waals surface area (Å²) in [7, 11) is 0. The van der Waals surface area contributed by atoms with Gasteiger partial charge in [-0.3, -0.25) is 9.59 Å². The Kier molecular flexibility index (Phi) is 6.31. The van der Waals surface area contributed by atoms with E-state index in [1.165, 1.54) is 11.8 Å². The summed E-state index contributed by atoms with van der Waals surface area (Å²) >= 11 is 0. The lowest BCUT2D eigenvalue weighted by Crippen LogP contribution is -2.33. The lowest BCUT2D eigenvalue weighted by Gasteiger charge is -2.26. The molecule has 2 heterocycles. The molecule has 1 aromatic heterocycles. The molecular weight excluding hydrogens is 420 g/mol. The van der Waals surface area contributed by atoms with Crippen LogP contribution in [0.15, 0.2) is 66.1 Å². The number of rotatable bonds is 8. The summed E-state index contributed by atoms with van der Waals surface area (Å²) in [4.78, 5) is 42.1. The first kappa shape index (κ1) is 22.3. The van der Waals surface area contributed by atoms with Gasteiger partial charge in [0.1, 0.15) is 0 Å². The summed E-state index contributed by atoms with van der Waals surface area (Å²) < 4.78 is 5.16. The highest BCUT2D eigenvalue weighted by Crippen LogP contribution is 2.38. The van der Waals surface area contributed by atoms with Crippen LogP contribution in [0, 0.1) is 0 Å². The Morgan fingerprint density at radius 3 is 2.55 bits per heavy atom. The summed E-state index contributed by atoms with van der Waals surface area (Å²) in [5.74, 6) is -1.88. The summed E-state index contributed by atoms with van der Waals surface area (Å²) in [6.45, 7) is 3.91. The number of Topliss-reactive ketones (excluding diaryl/α,β-unsaturated/α-hetero) is 1. The van der Waals surface area contributed by atoms with Gasteiger partial charge in [0.05, 0.1) is 23.8 Å². The second-order valence-electron chi connectivity index (χ2n) is 8.09. The number of aromatic amines is 1. The van der Waals surface area contributed by atoms with Crippen molar-refractivity contribution >= 4 is 28.6 Å². The lowest BCUT2D eigenvalue weighted by atomic mass is 9.95. The van der Waals surface area contributed by atoms with E-state index in [4.69, 9.17) is 4.74 Å². The zero-order valence-corrected chi connectivity index (χ0v) is 18.6. The van der Waals surface area contributed by atoms with Crippen molar-refractivity contribution in [2.24, 2.45) is 0 Å². The number of aromatic nitrogens is 1. The molecule has 0 saturated carbocycles. The smallest absolute Gasteiger partial charge is 0.338 e. The standard InChI is InChI=1S/C26H26N2O5/c1-3-14-33-26(32)18-10-8-17(9-11-18)23-22(16(2)29)24(30)25(31)28(23)13-12-19-15-27-21-7-5-4-6-20(19)21/h4-11,15,23,27,30H,3,12-14H2,1-2H3. The monoisotopic (exact) mass is 446 g/mol. The fraction of sp³-hybridized carbons (Fsp3) is 0.269. The summed E-state index contributed by atoms with van der Waals surface area (Å²) in [6.07, 6.45) is 3.19. The molecule has 4 rings (SSSR count). The Balaban J connectivity index is 1.61. The van der Waals surface area contributed by atoms with Gasteiger partial charge in [0, 0.05) is 23.6 Å². The number of amides is 1. The van der Waals surface area contributed by atoms with Crippen LogP contribution in [0.1, 0.15) is 47.8 Å². The Labute approximate surface area is 191 Å². The van der Waals surface area contributed by atoms with E-state index in [0.717, 1.165) is 22.9 Å². The molecule has 0 spiro atoms. The molecule has 1 aliphatic heterocycles. The number of nitrogens with zero attached hydrogens (tertiary/aromatic N) is 1. The molecule has 1 atom stereocenters. The van der Waals surface area contributed by atoms with E-state index in [-0.39, 0.29) is 11.4 Å². The van der Waals surface area contributed by atoms with E-state index in [9.17, 15) is 19.5 Å². The van der Waals surface area contributed by atoms with Crippen LogP contribution in [-0.4, -0.2) is 45.8 Å². The number of benzene rings is 2. The van der Waals surface area contributed by atoms with E-state index in [0.29, 0.717) is 30.7 Å². The molecule has 2 aromatic carbocycles. The maximum Gasteiger partial charge on any atom is 0.338 e. The average Bonchev–Trinajstić information content (AvgIpc) is 3.34. The Morgan fingerprint density at radius 1 is 1.12 bits per heavy atom. The first-order chi connectivity index (χ1) is 15.9. The second-order valence-corrected chi connectivity index (χ2v) is 8.09. The number of fused-ring (bicyclic) bond motifs is 1. The quantitative estimate of drug-likeness (QED) is 0.504. The largest absolute Gasteiger partial charge is 0.503 e. The molecule has 1 unspecified atom stereocenters. The molecule has 0 radical (unpaired) electrons. The number of hydrogen-bond donors (Lipinski definition) is 2. The lowest BCUT2D eigenvalue weighted by molar-refractivity contribution is -0.129. The van der Waals surface area contributed by atoms with Crippen molar-refractivity contribution in [2.45, 2.75) is 32.7 Å².